The fraction of sp³-hybridized carbons (Fsp3) is 0.958. The number of carbonyl (C=O) groups excluding carboxylic acids is 1. The van der Waals surface area contributed by atoms with Gasteiger partial charge in [0.2, 0.25) is 5.91 Å². The third-order valence-electron chi connectivity index (χ3n) is 9.97. The highest BCUT2D eigenvalue weighted by Gasteiger charge is 2.62. The Kier molecular flexibility index (Phi) is 4.72. The molecule has 0 aromatic rings. The van der Waals surface area contributed by atoms with Crippen LogP contribution in [0.3, 0.4) is 0 Å². The van der Waals surface area contributed by atoms with Crippen LogP contribution in [0, 0.1) is 46.3 Å². The Balaban J connectivity index is 1.61. The molecule has 3 saturated carbocycles. The van der Waals surface area contributed by atoms with Crippen molar-refractivity contribution in [3.05, 3.63) is 0 Å². The van der Waals surface area contributed by atoms with Crippen LogP contribution in [0.2, 0.25) is 0 Å². The first kappa shape index (κ1) is 18.8. The molecule has 4 fully saturated rings. The van der Waals surface area contributed by atoms with Gasteiger partial charge in [0.1, 0.15) is 0 Å². The standard InChI is InChI=1S/C24H41NO/c1-6-7-15(2)17-8-9-18-22-16(3)14-20-24(5,13-11-21(26)25-20)19(22)10-12-23(17,18)4/h15-20,22H,6-14H2,1-5H3,(H,25,26)/t15?,16-,17+,18-,19-,20+,22-,23+,24+/m0/s1. The monoisotopic (exact) mass is 359 g/mol. The zero-order chi connectivity index (χ0) is 18.7. The second kappa shape index (κ2) is 6.52. The minimum atomic E-state index is 0.299. The van der Waals surface area contributed by atoms with E-state index in [1.807, 2.05) is 0 Å². The maximum Gasteiger partial charge on any atom is 0.220 e. The maximum atomic E-state index is 12.0. The van der Waals surface area contributed by atoms with Crippen LogP contribution in [-0.2, 0) is 4.79 Å². The Morgan fingerprint density at radius 3 is 2.58 bits per heavy atom. The highest BCUT2D eigenvalue weighted by molar-refractivity contribution is 5.77. The predicted molar refractivity (Wildman–Crippen MR) is 108 cm³/mol. The molecule has 1 saturated heterocycles. The zero-order valence-corrected chi connectivity index (χ0v) is 17.8. The van der Waals surface area contributed by atoms with Gasteiger partial charge < -0.3 is 5.32 Å². The summed E-state index contributed by atoms with van der Waals surface area (Å²) in [6.45, 7) is 12.6. The quantitative estimate of drug-likeness (QED) is 0.677. The molecule has 0 radical (unpaired) electrons. The number of piperidine rings is 1. The lowest BCUT2D eigenvalue weighted by Crippen LogP contribution is -2.63. The summed E-state index contributed by atoms with van der Waals surface area (Å²) in [6, 6.07) is 0.431. The van der Waals surface area contributed by atoms with E-state index in [9.17, 15) is 4.79 Å². The largest absolute Gasteiger partial charge is 0.353 e. The molecule has 0 spiro atoms. The molecule has 26 heavy (non-hydrogen) atoms. The smallest absolute Gasteiger partial charge is 0.220 e. The first-order valence-corrected chi connectivity index (χ1v) is 11.6. The summed E-state index contributed by atoms with van der Waals surface area (Å²) >= 11 is 0. The van der Waals surface area contributed by atoms with Crippen LogP contribution in [-0.4, -0.2) is 11.9 Å². The molecule has 0 aromatic carbocycles. The normalized spacial score (nSPS) is 51.8. The average molecular weight is 360 g/mol. The lowest BCUT2D eigenvalue weighted by atomic mass is 9.44. The van der Waals surface area contributed by atoms with Gasteiger partial charge in [-0.3, -0.25) is 4.79 Å². The van der Waals surface area contributed by atoms with E-state index in [0.717, 1.165) is 48.3 Å². The molecule has 2 nitrogen and oxygen atoms in total. The van der Waals surface area contributed by atoms with Gasteiger partial charge in [0, 0.05) is 12.5 Å². The lowest BCUT2D eigenvalue weighted by molar-refractivity contribution is -0.144. The number of amides is 1. The minimum Gasteiger partial charge on any atom is -0.353 e. The Hall–Kier alpha value is -0.530. The van der Waals surface area contributed by atoms with Gasteiger partial charge in [-0.25, -0.2) is 0 Å². The summed E-state index contributed by atoms with van der Waals surface area (Å²) in [5.74, 6) is 5.55. The number of fused-ring (bicyclic) bond motifs is 5. The van der Waals surface area contributed by atoms with Gasteiger partial charge >= 0.3 is 0 Å². The van der Waals surface area contributed by atoms with Gasteiger partial charge in [-0.15, -0.1) is 0 Å². The van der Waals surface area contributed by atoms with Crippen LogP contribution < -0.4 is 5.32 Å². The van der Waals surface area contributed by atoms with E-state index in [1.165, 1.54) is 44.9 Å². The highest BCUT2D eigenvalue weighted by Crippen LogP contribution is 2.67. The van der Waals surface area contributed by atoms with E-state index in [4.69, 9.17) is 0 Å². The molecule has 9 atom stereocenters. The molecule has 1 amide bonds. The van der Waals surface area contributed by atoms with Crippen LogP contribution in [0.1, 0.15) is 92.4 Å². The zero-order valence-electron chi connectivity index (χ0n) is 17.8. The fourth-order valence-electron chi connectivity index (χ4n) is 8.68. The molecule has 1 heterocycles. The van der Waals surface area contributed by atoms with Crippen molar-refractivity contribution in [3.63, 3.8) is 0 Å². The number of rotatable bonds is 3. The van der Waals surface area contributed by atoms with E-state index in [2.05, 4.69) is 39.9 Å². The third kappa shape index (κ3) is 2.60. The van der Waals surface area contributed by atoms with Crippen LogP contribution in [0.15, 0.2) is 0 Å². The van der Waals surface area contributed by atoms with E-state index < -0.39 is 0 Å². The number of hydrogen-bond acceptors (Lipinski definition) is 1. The van der Waals surface area contributed by atoms with E-state index in [0.29, 0.717) is 22.8 Å². The Morgan fingerprint density at radius 1 is 1.12 bits per heavy atom. The predicted octanol–water partition coefficient (Wildman–Crippen LogP) is 5.81. The second-order valence-corrected chi connectivity index (χ2v) is 11.1. The van der Waals surface area contributed by atoms with Crippen LogP contribution in [0.5, 0.6) is 0 Å². The first-order valence-electron chi connectivity index (χ1n) is 11.6. The van der Waals surface area contributed by atoms with E-state index in [1.54, 1.807) is 0 Å². The SMILES string of the molecule is CCCC(C)[C@H]1CC[C@H]2[C@@H]3[C@@H](C)C[C@H]4NC(=O)CC[C@]4(C)[C@H]3CC[C@]12C. The van der Waals surface area contributed by atoms with Gasteiger partial charge in [0.15, 0.2) is 0 Å². The summed E-state index contributed by atoms with van der Waals surface area (Å²) in [6.07, 6.45) is 11.6. The van der Waals surface area contributed by atoms with Crippen molar-refractivity contribution in [2.24, 2.45) is 46.3 Å². The third-order valence-corrected chi connectivity index (χ3v) is 9.97. The molecule has 148 valence electrons. The van der Waals surface area contributed by atoms with Crippen molar-refractivity contribution in [1.82, 2.24) is 5.32 Å². The first-order chi connectivity index (χ1) is 12.3. The number of hydrogen-bond donors (Lipinski definition) is 1. The van der Waals surface area contributed by atoms with E-state index >= 15 is 0 Å². The Morgan fingerprint density at radius 2 is 1.85 bits per heavy atom. The van der Waals surface area contributed by atoms with Gasteiger partial charge in [-0.1, -0.05) is 47.5 Å². The number of nitrogens with one attached hydrogen (secondary N) is 1. The molecule has 1 unspecified atom stereocenters. The fourth-order valence-corrected chi connectivity index (χ4v) is 8.68. The average Bonchev–Trinajstić information content (AvgIpc) is 2.94. The molecule has 4 rings (SSSR count). The molecule has 2 heteroatoms. The van der Waals surface area contributed by atoms with Crippen LogP contribution in [0.4, 0.5) is 0 Å². The minimum absolute atomic E-state index is 0.299. The van der Waals surface area contributed by atoms with Crippen molar-refractivity contribution < 1.29 is 4.79 Å². The number of carbonyl (C=O) groups is 1. The van der Waals surface area contributed by atoms with Crippen molar-refractivity contribution in [1.29, 1.82) is 0 Å². The summed E-state index contributed by atoms with van der Waals surface area (Å²) in [5, 5.41) is 3.40. The van der Waals surface area contributed by atoms with Gasteiger partial charge in [-0.05, 0) is 84.9 Å². The van der Waals surface area contributed by atoms with Gasteiger partial charge in [0.05, 0.1) is 0 Å². The molecule has 1 N–H and O–H groups in total. The van der Waals surface area contributed by atoms with Crippen LogP contribution in [0.25, 0.3) is 0 Å². The molecule has 0 aromatic heterocycles. The summed E-state index contributed by atoms with van der Waals surface area (Å²) in [4.78, 5) is 12.0. The molecular weight excluding hydrogens is 318 g/mol. The Bertz CT molecular complexity index is 558. The molecule has 4 aliphatic rings. The Labute approximate surface area is 161 Å². The molecular formula is C24H41NO. The lowest BCUT2D eigenvalue weighted by Gasteiger charge is -2.62. The summed E-state index contributed by atoms with van der Waals surface area (Å²) in [5.41, 5.74) is 0.921. The molecule has 1 aliphatic heterocycles. The summed E-state index contributed by atoms with van der Waals surface area (Å²) < 4.78 is 0. The topological polar surface area (TPSA) is 29.1 Å². The van der Waals surface area contributed by atoms with Crippen molar-refractivity contribution in [2.45, 2.75) is 98.4 Å². The van der Waals surface area contributed by atoms with Crippen molar-refractivity contribution in [3.8, 4) is 0 Å². The van der Waals surface area contributed by atoms with Crippen molar-refractivity contribution in [2.75, 3.05) is 0 Å². The van der Waals surface area contributed by atoms with Gasteiger partial charge in [-0.2, -0.15) is 0 Å². The highest BCUT2D eigenvalue weighted by atomic mass is 16.1. The molecule has 0 bridgehead atoms. The molecule has 3 aliphatic carbocycles. The summed E-state index contributed by atoms with van der Waals surface area (Å²) in [7, 11) is 0. The second-order valence-electron chi connectivity index (χ2n) is 11.1. The van der Waals surface area contributed by atoms with Gasteiger partial charge in [0.25, 0.3) is 0 Å². The van der Waals surface area contributed by atoms with E-state index in [-0.39, 0.29) is 0 Å². The van der Waals surface area contributed by atoms with Crippen LogP contribution >= 0.6 is 0 Å². The maximum absolute atomic E-state index is 12.0. The van der Waals surface area contributed by atoms with Crippen molar-refractivity contribution >= 4 is 5.91 Å².